The van der Waals surface area contributed by atoms with Crippen LogP contribution in [0.1, 0.15) is 12.0 Å². The maximum Gasteiger partial charge on any atom is 0.417 e. The molecule has 2 atom stereocenters. The van der Waals surface area contributed by atoms with E-state index in [-0.39, 0.29) is 13.0 Å². The number of nitrogens with one attached hydrogen (secondary N) is 3. The first-order chi connectivity index (χ1) is 15.9. The van der Waals surface area contributed by atoms with Gasteiger partial charge in [-0.3, -0.25) is 9.78 Å². The second-order valence-corrected chi connectivity index (χ2v) is 8.08. The largest absolute Gasteiger partial charge is 0.417 e. The number of urea groups is 1. The number of anilines is 2. The van der Waals surface area contributed by atoms with Crippen LogP contribution in [-0.4, -0.2) is 62.8 Å². The second kappa shape index (κ2) is 8.50. The van der Waals surface area contributed by atoms with Crippen molar-refractivity contribution in [3.05, 3.63) is 50.9 Å². The summed E-state index contributed by atoms with van der Waals surface area (Å²) in [5.41, 5.74) is -1.46. The lowest BCUT2D eigenvalue weighted by Crippen LogP contribution is -2.54. The number of halogens is 4. The number of hydrogen-bond donors (Lipinski definition) is 3. The van der Waals surface area contributed by atoms with Gasteiger partial charge >= 0.3 is 17.9 Å². The monoisotopic (exact) mass is 483 g/mol. The summed E-state index contributed by atoms with van der Waals surface area (Å²) >= 11 is 0. The standard InChI is InChI=1S/C20H21F4N7O3/c1-29-8-10(20(22,23)24)5-14(17(29)32)27-19(34)30(2)15-3-4-31(9-12(15)21)11-6-13-16(25-7-11)28-18(33)26-13/h5-8,12,15H,3-4,9H2,1-2H3,(H,27,34)(H2,25,26,28,33)/t12-,15-/m1/s1. The van der Waals surface area contributed by atoms with Crippen molar-refractivity contribution >= 4 is 28.6 Å². The van der Waals surface area contributed by atoms with Gasteiger partial charge in [-0.25, -0.2) is 19.0 Å². The average molecular weight is 483 g/mol. The highest BCUT2D eigenvalue weighted by atomic mass is 19.4. The fourth-order valence-electron chi connectivity index (χ4n) is 3.96. The molecule has 0 radical (unpaired) electrons. The number of rotatable bonds is 3. The molecule has 3 aromatic heterocycles. The molecule has 4 rings (SSSR count). The Balaban J connectivity index is 1.46. The molecule has 2 amide bonds. The molecule has 1 saturated heterocycles. The summed E-state index contributed by atoms with van der Waals surface area (Å²) in [6.45, 7) is 0.283. The smallest absolute Gasteiger partial charge is 0.367 e. The molecule has 0 spiro atoms. The molecule has 4 heterocycles. The third kappa shape index (κ3) is 4.47. The number of pyridine rings is 2. The van der Waals surface area contributed by atoms with Crippen LogP contribution in [0.3, 0.4) is 0 Å². The number of amides is 2. The highest BCUT2D eigenvalue weighted by Crippen LogP contribution is 2.30. The number of piperidine rings is 1. The van der Waals surface area contributed by atoms with Crippen LogP contribution in [-0.2, 0) is 13.2 Å². The molecule has 1 aliphatic heterocycles. The van der Waals surface area contributed by atoms with Gasteiger partial charge in [0.25, 0.3) is 5.56 Å². The van der Waals surface area contributed by atoms with E-state index in [1.807, 2.05) is 0 Å². The molecule has 3 N–H and O–H groups in total. The van der Waals surface area contributed by atoms with E-state index in [1.54, 1.807) is 11.0 Å². The zero-order chi connectivity index (χ0) is 24.8. The number of fused-ring (bicyclic) bond motifs is 1. The molecular weight excluding hydrogens is 462 g/mol. The van der Waals surface area contributed by atoms with Gasteiger partial charge in [-0.05, 0) is 18.6 Å². The molecule has 0 aromatic carbocycles. The van der Waals surface area contributed by atoms with Crippen molar-refractivity contribution in [3.8, 4) is 0 Å². The van der Waals surface area contributed by atoms with E-state index in [9.17, 15) is 27.6 Å². The molecule has 0 saturated carbocycles. The predicted octanol–water partition coefficient (Wildman–Crippen LogP) is 2.05. The zero-order valence-corrected chi connectivity index (χ0v) is 18.1. The van der Waals surface area contributed by atoms with Crippen LogP contribution in [0, 0.1) is 0 Å². The van der Waals surface area contributed by atoms with Crippen LogP contribution in [0.2, 0.25) is 0 Å². The molecule has 0 unspecified atom stereocenters. The highest BCUT2D eigenvalue weighted by Gasteiger charge is 2.35. The van der Waals surface area contributed by atoms with Crippen molar-refractivity contribution in [2.45, 2.75) is 24.8 Å². The average Bonchev–Trinajstić information content (AvgIpc) is 3.14. The van der Waals surface area contributed by atoms with E-state index in [2.05, 4.69) is 20.3 Å². The Morgan fingerprint density at radius 2 is 2.00 bits per heavy atom. The van der Waals surface area contributed by atoms with E-state index in [0.717, 1.165) is 16.5 Å². The Labute approximate surface area is 189 Å². The normalized spacial score (nSPS) is 18.8. The van der Waals surface area contributed by atoms with E-state index < -0.39 is 46.9 Å². The highest BCUT2D eigenvalue weighted by molar-refractivity contribution is 5.89. The van der Waals surface area contributed by atoms with E-state index >= 15 is 4.39 Å². The molecule has 1 aliphatic rings. The van der Waals surface area contributed by atoms with Crippen molar-refractivity contribution in [1.82, 2.24) is 24.4 Å². The molecule has 1 fully saturated rings. The topological polar surface area (TPSA) is 119 Å². The first-order valence-corrected chi connectivity index (χ1v) is 10.2. The number of aryl methyl sites for hydroxylation is 1. The molecule has 182 valence electrons. The van der Waals surface area contributed by atoms with Gasteiger partial charge in [-0.2, -0.15) is 13.2 Å². The summed E-state index contributed by atoms with van der Waals surface area (Å²) in [7, 11) is 2.46. The lowest BCUT2D eigenvalue weighted by atomic mass is 10.0. The number of alkyl halides is 4. The lowest BCUT2D eigenvalue weighted by Gasteiger charge is -2.39. The summed E-state index contributed by atoms with van der Waals surface area (Å²) in [4.78, 5) is 48.2. The van der Waals surface area contributed by atoms with Gasteiger partial charge in [0.15, 0.2) is 5.65 Å². The number of carbonyl (C=O) groups is 1. The van der Waals surface area contributed by atoms with Crippen molar-refractivity contribution < 1.29 is 22.4 Å². The second-order valence-electron chi connectivity index (χ2n) is 8.08. The summed E-state index contributed by atoms with van der Waals surface area (Å²) in [6.07, 6.45) is -3.86. The summed E-state index contributed by atoms with van der Waals surface area (Å²) < 4.78 is 55.0. The van der Waals surface area contributed by atoms with Gasteiger partial charge in [0.05, 0.1) is 35.6 Å². The van der Waals surface area contributed by atoms with Crippen LogP contribution < -0.4 is 21.5 Å². The third-order valence-corrected chi connectivity index (χ3v) is 5.80. The maximum absolute atomic E-state index is 15.1. The van der Waals surface area contributed by atoms with Gasteiger partial charge in [-0.15, -0.1) is 0 Å². The molecular formula is C20H21F4N7O3. The van der Waals surface area contributed by atoms with Crippen LogP contribution in [0.4, 0.5) is 33.7 Å². The number of aromatic nitrogens is 4. The molecule has 14 heteroatoms. The number of carbonyl (C=O) groups excluding carboxylic acids is 1. The van der Waals surface area contributed by atoms with Crippen LogP contribution in [0.15, 0.2) is 34.1 Å². The number of hydrogen-bond acceptors (Lipinski definition) is 5. The number of H-pyrrole nitrogens is 2. The van der Waals surface area contributed by atoms with Gasteiger partial charge in [0.1, 0.15) is 11.9 Å². The fraction of sp³-hybridized carbons (Fsp3) is 0.400. The van der Waals surface area contributed by atoms with Gasteiger partial charge in [0.2, 0.25) is 0 Å². The Hall–Kier alpha value is -3.84. The quantitative estimate of drug-likeness (QED) is 0.493. The fourth-order valence-corrected chi connectivity index (χ4v) is 3.96. The van der Waals surface area contributed by atoms with Gasteiger partial charge in [0, 0.05) is 26.8 Å². The van der Waals surface area contributed by atoms with Crippen molar-refractivity contribution in [2.24, 2.45) is 7.05 Å². The first kappa shape index (κ1) is 23.3. The minimum absolute atomic E-state index is 0.0740. The molecule has 34 heavy (non-hydrogen) atoms. The summed E-state index contributed by atoms with van der Waals surface area (Å²) in [6, 6.07) is 0.450. The van der Waals surface area contributed by atoms with E-state index in [4.69, 9.17) is 0 Å². The summed E-state index contributed by atoms with van der Waals surface area (Å²) in [5, 5.41) is 2.17. The predicted molar refractivity (Wildman–Crippen MR) is 116 cm³/mol. The van der Waals surface area contributed by atoms with Gasteiger partial charge in [-0.1, -0.05) is 0 Å². The Morgan fingerprint density at radius 3 is 2.68 bits per heavy atom. The van der Waals surface area contributed by atoms with E-state index in [0.29, 0.717) is 35.7 Å². The number of nitrogens with zero attached hydrogens (tertiary/aromatic N) is 4. The minimum atomic E-state index is -4.71. The number of aromatic amines is 2. The molecule has 0 bridgehead atoms. The van der Waals surface area contributed by atoms with Crippen molar-refractivity contribution in [3.63, 3.8) is 0 Å². The SMILES string of the molecule is CN(C(=O)Nc1cc(C(F)(F)F)cn(C)c1=O)[C@@H]1CCN(c2cnc3[nH]c(=O)[nH]c3c2)C[C@H]1F. The molecule has 3 aromatic rings. The van der Waals surface area contributed by atoms with Crippen LogP contribution in [0.25, 0.3) is 11.2 Å². The van der Waals surface area contributed by atoms with Crippen LogP contribution >= 0.6 is 0 Å². The lowest BCUT2D eigenvalue weighted by molar-refractivity contribution is -0.138. The molecule has 10 nitrogen and oxygen atoms in total. The van der Waals surface area contributed by atoms with Crippen molar-refractivity contribution in [2.75, 3.05) is 30.4 Å². The Morgan fingerprint density at radius 1 is 1.26 bits per heavy atom. The van der Waals surface area contributed by atoms with Crippen molar-refractivity contribution in [1.29, 1.82) is 0 Å². The van der Waals surface area contributed by atoms with Gasteiger partial charge < -0.3 is 24.7 Å². The van der Waals surface area contributed by atoms with E-state index in [1.165, 1.54) is 13.2 Å². The number of imidazole rings is 1. The first-order valence-electron chi connectivity index (χ1n) is 10.2. The van der Waals surface area contributed by atoms with Crippen LogP contribution in [0.5, 0.6) is 0 Å². The Kier molecular flexibility index (Phi) is 5.83. The summed E-state index contributed by atoms with van der Waals surface area (Å²) in [5.74, 6) is 0. The minimum Gasteiger partial charge on any atom is -0.367 e. The third-order valence-electron chi connectivity index (χ3n) is 5.80. The molecule has 0 aliphatic carbocycles. The maximum atomic E-state index is 15.1. The zero-order valence-electron chi connectivity index (χ0n) is 18.1. The Bertz CT molecular complexity index is 1350.